The second-order valence-electron chi connectivity index (χ2n) is 8.34. The van der Waals surface area contributed by atoms with E-state index in [1.807, 2.05) is 26.8 Å². The van der Waals surface area contributed by atoms with Crippen LogP contribution in [-0.2, 0) is 26.2 Å². The molecule has 0 fully saturated rings. The van der Waals surface area contributed by atoms with E-state index < -0.39 is 28.5 Å². The molecule has 0 spiro atoms. The highest BCUT2D eigenvalue weighted by Crippen LogP contribution is 2.25. The zero-order valence-electron chi connectivity index (χ0n) is 20.1. The van der Waals surface area contributed by atoms with Gasteiger partial charge in [-0.3, -0.25) is 13.9 Å². The molecule has 0 unspecified atom stereocenters. The molecule has 186 valence electrons. The molecule has 0 aliphatic rings. The molecule has 2 amide bonds. The largest absolute Gasteiger partial charge is 0.354 e. The van der Waals surface area contributed by atoms with Crippen molar-refractivity contribution in [2.75, 3.05) is 23.7 Å². The first kappa shape index (κ1) is 28.0. The smallest absolute Gasteiger partial charge is 0.244 e. The van der Waals surface area contributed by atoms with Crippen LogP contribution in [0.15, 0.2) is 36.4 Å². The Labute approximate surface area is 212 Å². The fourth-order valence-electron chi connectivity index (χ4n) is 3.52. The van der Waals surface area contributed by atoms with Crippen molar-refractivity contribution in [2.24, 2.45) is 0 Å². The second-order valence-corrected chi connectivity index (χ2v) is 11.1. The van der Waals surface area contributed by atoms with E-state index in [2.05, 4.69) is 5.32 Å². The highest BCUT2D eigenvalue weighted by molar-refractivity contribution is 7.92. The van der Waals surface area contributed by atoms with E-state index in [4.69, 9.17) is 23.2 Å². The van der Waals surface area contributed by atoms with Crippen molar-refractivity contribution in [3.8, 4) is 0 Å². The molecule has 1 atom stereocenters. The molecular weight excluding hydrogens is 497 g/mol. The van der Waals surface area contributed by atoms with Crippen LogP contribution in [0.25, 0.3) is 0 Å². The van der Waals surface area contributed by atoms with Crippen LogP contribution in [0.2, 0.25) is 10.0 Å². The van der Waals surface area contributed by atoms with E-state index in [1.165, 1.54) is 4.90 Å². The van der Waals surface area contributed by atoms with Gasteiger partial charge >= 0.3 is 0 Å². The Morgan fingerprint density at radius 3 is 2.21 bits per heavy atom. The molecule has 0 saturated heterocycles. The molecule has 0 aromatic heterocycles. The van der Waals surface area contributed by atoms with E-state index in [1.54, 1.807) is 37.3 Å². The van der Waals surface area contributed by atoms with Crippen molar-refractivity contribution in [3.05, 3.63) is 63.1 Å². The molecule has 2 aromatic rings. The van der Waals surface area contributed by atoms with Gasteiger partial charge in [0.25, 0.3) is 0 Å². The number of hydrogen-bond donors (Lipinski definition) is 1. The number of sulfonamides is 1. The maximum Gasteiger partial charge on any atom is 0.244 e. The Kier molecular flexibility index (Phi) is 9.79. The van der Waals surface area contributed by atoms with Gasteiger partial charge in [0.15, 0.2) is 0 Å². The molecule has 1 N–H and O–H groups in total. The van der Waals surface area contributed by atoms with Gasteiger partial charge in [-0.2, -0.15) is 0 Å². The maximum atomic E-state index is 13.5. The highest BCUT2D eigenvalue weighted by atomic mass is 35.5. The summed E-state index contributed by atoms with van der Waals surface area (Å²) in [7, 11) is -3.79. The van der Waals surface area contributed by atoms with Crippen LogP contribution < -0.4 is 9.62 Å². The van der Waals surface area contributed by atoms with Crippen molar-refractivity contribution < 1.29 is 18.0 Å². The van der Waals surface area contributed by atoms with E-state index in [0.29, 0.717) is 27.8 Å². The molecule has 7 nitrogen and oxygen atoms in total. The molecule has 0 aliphatic carbocycles. The van der Waals surface area contributed by atoms with Gasteiger partial charge in [-0.1, -0.05) is 42.3 Å². The Morgan fingerprint density at radius 2 is 1.68 bits per heavy atom. The number of aryl methyl sites for hydroxylation is 2. The molecule has 2 rings (SSSR count). The van der Waals surface area contributed by atoms with Crippen LogP contribution in [0.3, 0.4) is 0 Å². The molecule has 2 aromatic carbocycles. The van der Waals surface area contributed by atoms with Gasteiger partial charge < -0.3 is 10.2 Å². The number of anilines is 1. The number of benzene rings is 2. The SMILES string of the molecule is CCCNC(=O)[C@@H](C)N(Cc1ccc(Cl)cc1Cl)C(=O)CN(c1cc(C)cc(C)c1)S(C)(=O)=O. The number of hydrogen-bond acceptors (Lipinski definition) is 4. The lowest BCUT2D eigenvalue weighted by atomic mass is 10.1. The summed E-state index contributed by atoms with van der Waals surface area (Å²) >= 11 is 12.3. The molecule has 10 heteroatoms. The van der Waals surface area contributed by atoms with E-state index in [9.17, 15) is 18.0 Å². The van der Waals surface area contributed by atoms with E-state index in [0.717, 1.165) is 28.1 Å². The third kappa shape index (κ3) is 7.61. The summed E-state index contributed by atoms with van der Waals surface area (Å²) < 4.78 is 26.4. The van der Waals surface area contributed by atoms with Crippen LogP contribution in [0.5, 0.6) is 0 Å². The Balaban J connectivity index is 2.44. The number of nitrogens with one attached hydrogen (secondary N) is 1. The number of amides is 2. The average molecular weight is 529 g/mol. The Bertz CT molecular complexity index is 1130. The summed E-state index contributed by atoms with van der Waals surface area (Å²) in [4.78, 5) is 27.6. The van der Waals surface area contributed by atoms with Gasteiger partial charge in [-0.25, -0.2) is 8.42 Å². The van der Waals surface area contributed by atoms with Gasteiger partial charge in [0, 0.05) is 23.1 Å². The van der Waals surface area contributed by atoms with Crippen LogP contribution in [0.4, 0.5) is 5.69 Å². The first-order valence-electron chi connectivity index (χ1n) is 10.9. The predicted octanol–water partition coefficient (Wildman–Crippen LogP) is 4.32. The lowest BCUT2D eigenvalue weighted by Gasteiger charge is -2.32. The van der Waals surface area contributed by atoms with Gasteiger partial charge in [0.2, 0.25) is 21.8 Å². The van der Waals surface area contributed by atoms with Crippen molar-refractivity contribution in [1.82, 2.24) is 10.2 Å². The first-order chi connectivity index (χ1) is 15.8. The van der Waals surface area contributed by atoms with Gasteiger partial charge in [-0.05, 0) is 68.1 Å². The molecule has 0 bridgehead atoms. The molecular formula is C24H31Cl2N3O4S. The Morgan fingerprint density at radius 1 is 1.06 bits per heavy atom. The van der Waals surface area contributed by atoms with Crippen LogP contribution in [0, 0.1) is 13.8 Å². The van der Waals surface area contributed by atoms with Gasteiger partial charge in [0.05, 0.1) is 11.9 Å². The Hall–Kier alpha value is -2.29. The van der Waals surface area contributed by atoms with Crippen molar-refractivity contribution in [2.45, 2.75) is 46.7 Å². The fraction of sp³-hybridized carbons (Fsp3) is 0.417. The van der Waals surface area contributed by atoms with Crippen molar-refractivity contribution in [1.29, 1.82) is 0 Å². The average Bonchev–Trinajstić information content (AvgIpc) is 2.73. The lowest BCUT2D eigenvalue weighted by molar-refractivity contribution is -0.139. The summed E-state index contributed by atoms with van der Waals surface area (Å²) in [5, 5.41) is 3.58. The van der Waals surface area contributed by atoms with Gasteiger partial charge in [0.1, 0.15) is 12.6 Å². The number of carbonyl (C=O) groups is 2. The van der Waals surface area contributed by atoms with Gasteiger partial charge in [-0.15, -0.1) is 0 Å². The molecule has 34 heavy (non-hydrogen) atoms. The lowest BCUT2D eigenvalue weighted by Crippen LogP contribution is -2.51. The number of nitrogens with zero attached hydrogens (tertiary/aromatic N) is 2. The minimum atomic E-state index is -3.79. The maximum absolute atomic E-state index is 13.5. The van der Waals surface area contributed by atoms with E-state index >= 15 is 0 Å². The van der Waals surface area contributed by atoms with Crippen LogP contribution in [-0.4, -0.2) is 50.5 Å². The normalized spacial score (nSPS) is 12.2. The third-order valence-corrected chi connectivity index (χ3v) is 6.97. The standard InChI is InChI=1S/C24H31Cl2N3O4S/c1-6-9-27-24(31)18(4)28(14-19-7-8-20(25)13-22(19)26)23(30)15-29(34(5,32)33)21-11-16(2)10-17(3)12-21/h7-8,10-13,18H,6,9,14-15H2,1-5H3,(H,27,31)/t18-/m1/s1. The van der Waals surface area contributed by atoms with Crippen LogP contribution >= 0.6 is 23.2 Å². The van der Waals surface area contributed by atoms with Crippen molar-refractivity contribution in [3.63, 3.8) is 0 Å². The number of rotatable bonds is 10. The first-order valence-corrected chi connectivity index (χ1v) is 13.5. The summed E-state index contributed by atoms with van der Waals surface area (Å²) in [6.45, 7) is 7.26. The van der Waals surface area contributed by atoms with Crippen molar-refractivity contribution >= 4 is 50.7 Å². The topological polar surface area (TPSA) is 86.8 Å². The zero-order valence-corrected chi connectivity index (χ0v) is 22.4. The summed E-state index contributed by atoms with van der Waals surface area (Å²) in [6, 6.07) is 9.36. The number of carbonyl (C=O) groups excluding carboxylic acids is 2. The van der Waals surface area contributed by atoms with E-state index in [-0.39, 0.29) is 12.5 Å². The number of halogens is 2. The predicted molar refractivity (Wildman–Crippen MR) is 138 cm³/mol. The second kappa shape index (κ2) is 11.9. The summed E-state index contributed by atoms with van der Waals surface area (Å²) in [6.07, 6.45) is 1.79. The summed E-state index contributed by atoms with van der Waals surface area (Å²) in [5.74, 6) is -0.868. The zero-order chi connectivity index (χ0) is 25.6. The molecule has 0 radical (unpaired) electrons. The third-order valence-electron chi connectivity index (χ3n) is 5.25. The quantitative estimate of drug-likeness (QED) is 0.498. The fourth-order valence-corrected chi connectivity index (χ4v) is 4.82. The minimum Gasteiger partial charge on any atom is -0.354 e. The minimum absolute atomic E-state index is 0.0139. The molecule has 0 saturated carbocycles. The summed E-state index contributed by atoms with van der Waals surface area (Å²) in [5.41, 5.74) is 2.72. The molecule has 0 aliphatic heterocycles. The van der Waals surface area contributed by atoms with Crippen LogP contribution in [0.1, 0.15) is 37.0 Å². The molecule has 0 heterocycles. The highest BCUT2D eigenvalue weighted by Gasteiger charge is 2.30. The monoisotopic (exact) mass is 527 g/mol.